The number of carbonyl (C=O) groups excluding carboxylic acids is 1. The molecule has 3 heterocycles. The lowest BCUT2D eigenvalue weighted by Crippen LogP contribution is -2.46. The van der Waals surface area contributed by atoms with E-state index in [2.05, 4.69) is 4.90 Å². The number of hydrogen-bond acceptors (Lipinski definition) is 5. The molecule has 0 radical (unpaired) electrons. The van der Waals surface area contributed by atoms with Crippen molar-refractivity contribution in [2.24, 2.45) is 0 Å². The topological polar surface area (TPSA) is 62.2 Å². The van der Waals surface area contributed by atoms with Crippen LogP contribution in [0.1, 0.15) is 18.4 Å². The fraction of sp³-hybridized carbons (Fsp3) is 0.632. The van der Waals surface area contributed by atoms with E-state index in [4.69, 9.17) is 9.47 Å². The van der Waals surface area contributed by atoms with Crippen molar-refractivity contribution in [3.63, 3.8) is 0 Å². The first-order valence-electron chi connectivity index (χ1n) is 9.23. The molecule has 0 aliphatic carbocycles. The van der Waals surface area contributed by atoms with Crippen LogP contribution in [0.4, 0.5) is 5.69 Å². The van der Waals surface area contributed by atoms with Crippen LogP contribution in [0.5, 0.6) is 0 Å². The molecule has 6 heteroatoms. The van der Waals surface area contributed by atoms with E-state index in [9.17, 15) is 9.90 Å². The number of ether oxygens (including phenoxy) is 2. The van der Waals surface area contributed by atoms with Crippen LogP contribution in [0.15, 0.2) is 24.3 Å². The average Bonchev–Trinajstić information content (AvgIpc) is 3.26. The Labute approximate surface area is 148 Å². The summed E-state index contributed by atoms with van der Waals surface area (Å²) in [7, 11) is 0. The summed E-state index contributed by atoms with van der Waals surface area (Å²) in [5, 5.41) is 9.72. The second-order valence-corrected chi connectivity index (χ2v) is 7.11. The summed E-state index contributed by atoms with van der Waals surface area (Å²) in [6, 6.07) is 7.73. The van der Waals surface area contributed by atoms with E-state index < -0.39 is 6.10 Å². The number of anilines is 1. The van der Waals surface area contributed by atoms with Gasteiger partial charge in [0.15, 0.2) is 0 Å². The number of rotatable bonds is 4. The molecule has 4 rings (SSSR count). The Kier molecular flexibility index (Phi) is 5.03. The minimum absolute atomic E-state index is 0.00604. The molecule has 1 N–H and O–H groups in total. The summed E-state index contributed by atoms with van der Waals surface area (Å²) in [6.45, 7) is 4.27. The van der Waals surface area contributed by atoms with Gasteiger partial charge in [0, 0.05) is 25.3 Å². The van der Waals surface area contributed by atoms with E-state index in [-0.39, 0.29) is 24.7 Å². The summed E-state index contributed by atoms with van der Waals surface area (Å²) < 4.78 is 11.5. The van der Waals surface area contributed by atoms with Crippen molar-refractivity contribution < 1.29 is 19.4 Å². The smallest absolute Gasteiger partial charge is 0.256 e. The molecule has 1 aromatic rings. The molecule has 1 aromatic carbocycles. The number of fused-ring (bicyclic) bond motifs is 1. The van der Waals surface area contributed by atoms with Crippen LogP contribution in [0, 0.1) is 0 Å². The Bertz CT molecular complexity index is 617. The predicted molar refractivity (Wildman–Crippen MR) is 93.7 cm³/mol. The molecule has 6 nitrogen and oxygen atoms in total. The molecule has 0 aromatic heterocycles. The number of benzene rings is 1. The van der Waals surface area contributed by atoms with Gasteiger partial charge in [0.2, 0.25) is 0 Å². The summed E-state index contributed by atoms with van der Waals surface area (Å²) in [6.07, 6.45) is 2.09. The van der Waals surface area contributed by atoms with Crippen molar-refractivity contribution in [2.45, 2.75) is 37.5 Å². The Morgan fingerprint density at radius 3 is 2.80 bits per heavy atom. The van der Waals surface area contributed by atoms with Crippen molar-refractivity contribution in [1.29, 1.82) is 0 Å². The Balaban J connectivity index is 1.41. The molecule has 3 aliphatic heterocycles. The second kappa shape index (κ2) is 7.41. The zero-order valence-corrected chi connectivity index (χ0v) is 14.5. The first-order chi connectivity index (χ1) is 12.3. The Hall–Kier alpha value is -1.47. The third kappa shape index (κ3) is 3.44. The maximum Gasteiger partial charge on any atom is 0.256 e. The van der Waals surface area contributed by atoms with Crippen LogP contribution >= 0.6 is 0 Å². The van der Waals surface area contributed by atoms with Gasteiger partial charge in [0.1, 0.15) is 6.10 Å². The maximum atomic E-state index is 13.1. The quantitative estimate of drug-likeness (QED) is 0.874. The Morgan fingerprint density at radius 2 is 2.00 bits per heavy atom. The van der Waals surface area contributed by atoms with Crippen LogP contribution in [-0.2, 0) is 20.7 Å². The highest BCUT2D eigenvalue weighted by Gasteiger charge is 2.40. The zero-order valence-electron chi connectivity index (χ0n) is 14.5. The summed E-state index contributed by atoms with van der Waals surface area (Å²) >= 11 is 0. The number of morpholine rings is 1. The number of amides is 1. The highest BCUT2D eigenvalue weighted by molar-refractivity contribution is 5.99. The predicted octanol–water partition coefficient (Wildman–Crippen LogP) is 0.816. The summed E-state index contributed by atoms with van der Waals surface area (Å²) in [4.78, 5) is 17.2. The van der Waals surface area contributed by atoms with Gasteiger partial charge >= 0.3 is 0 Å². The van der Waals surface area contributed by atoms with E-state index in [1.165, 1.54) is 0 Å². The second-order valence-electron chi connectivity index (χ2n) is 7.11. The zero-order chi connectivity index (χ0) is 17.2. The molecule has 1 amide bonds. The standard InChI is InChI=1S/C19H26N2O4/c22-13-15-11-14-3-1-2-4-17(14)21(15)19(23)18-6-5-16(25-18)12-20-7-9-24-10-8-20/h1-4,15-16,18,22H,5-13H2/t15?,16-,18+/m1/s1. The van der Waals surface area contributed by atoms with Crippen molar-refractivity contribution in [1.82, 2.24) is 4.90 Å². The molecule has 3 aliphatic rings. The molecular formula is C19H26N2O4. The van der Waals surface area contributed by atoms with Crippen molar-refractivity contribution in [3.05, 3.63) is 29.8 Å². The summed E-state index contributed by atoms with van der Waals surface area (Å²) in [5.74, 6) is -0.00604. The third-order valence-corrected chi connectivity index (χ3v) is 5.47. The van der Waals surface area contributed by atoms with Gasteiger partial charge in [-0.15, -0.1) is 0 Å². The molecule has 3 atom stereocenters. The van der Waals surface area contributed by atoms with Gasteiger partial charge in [0.05, 0.1) is 32.0 Å². The molecule has 0 saturated carbocycles. The fourth-order valence-corrected chi connectivity index (χ4v) is 4.15. The van der Waals surface area contributed by atoms with Crippen molar-refractivity contribution in [3.8, 4) is 0 Å². The number of aliphatic hydroxyl groups is 1. The minimum Gasteiger partial charge on any atom is -0.394 e. The summed E-state index contributed by atoms with van der Waals surface area (Å²) in [5.41, 5.74) is 2.05. The number of hydrogen-bond donors (Lipinski definition) is 1. The van der Waals surface area contributed by atoms with E-state index >= 15 is 0 Å². The molecule has 0 bridgehead atoms. The van der Waals surface area contributed by atoms with Gasteiger partial charge in [0.25, 0.3) is 5.91 Å². The lowest BCUT2D eigenvalue weighted by molar-refractivity contribution is -0.130. The third-order valence-electron chi connectivity index (χ3n) is 5.47. The number of carbonyl (C=O) groups is 1. The van der Waals surface area contributed by atoms with Gasteiger partial charge in [-0.1, -0.05) is 18.2 Å². The van der Waals surface area contributed by atoms with Gasteiger partial charge in [-0.25, -0.2) is 0 Å². The van der Waals surface area contributed by atoms with Gasteiger partial charge in [-0.3, -0.25) is 9.69 Å². The molecular weight excluding hydrogens is 320 g/mol. The van der Waals surface area contributed by atoms with Crippen molar-refractivity contribution in [2.75, 3.05) is 44.4 Å². The number of para-hydroxylation sites is 1. The van der Waals surface area contributed by atoms with E-state index in [0.717, 1.165) is 56.9 Å². The monoisotopic (exact) mass is 346 g/mol. The largest absolute Gasteiger partial charge is 0.394 e. The average molecular weight is 346 g/mol. The van der Waals surface area contributed by atoms with Gasteiger partial charge in [-0.05, 0) is 30.9 Å². The fourth-order valence-electron chi connectivity index (χ4n) is 4.15. The molecule has 2 saturated heterocycles. The lowest BCUT2D eigenvalue weighted by atomic mass is 10.1. The number of aliphatic hydroxyl groups excluding tert-OH is 1. The van der Waals surface area contributed by atoms with Crippen LogP contribution < -0.4 is 4.90 Å². The maximum absolute atomic E-state index is 13.1. The SMILES string of the molecule is O=C([C@@H]1CC[C@H](CN2CCOCC2)O1)N1c2ccccc2CC1CO. The minimum atomic E-state index is -0.397. The highest BCUT2D eigenvalue weighted by atomic mass is 16.5. The van der Waals surface area contributed by atoms with Crippen LogP contribution in [0.3, 0.4) is 0 Å². The molecule has 25 heavy (non-hydrogen) atoms. The first kappa shape index (κ1) is 17.0. The van der Waals surface area contributed by atoms with E-state index in [0.29, 0.717) is 6.42 Å². The van der Waals surface area contributed by atoms with Crippen LogP contribution in [0.25, 0.3) is 0 Å². The molecule has 1 unspecified atom stereocenters. The van der Waals surface area contributed by atoms with Crippen LogP contribution in [-0.4, -0.2) is 73.6 Å². The van der Waals surface area contributed by atoms with Gasteiger partial charge < -0.3 is 19.5 Å². The van der Waals surface area contributed by atoms with E-state index in [1.807, 2.05) is 24.3 Å². The van der Waals surface area contributed by atoms with Crippen molar-refractivity contribution >= 4 is 11.6 Å². The van der Waals surface area contributed by atoms with Gasteiger partial charge in [-0.2, -0.15) is 0 Å². The normalized spacial score (nSPS) is 29.8. The lowest BCUT2D eigenvalue weighted by Gasteiger charge is -2.29. The molecule has 2 fully saturated rings. The highest BCUT2D eigenvalue weighted by Crippen LogP contribution is 2.34. The molecule has 0 spiro atoms. The molecule has 136 valence electrons. The van der Waals surface area contributed by atoms with E-state index in [1.54, 1.807) is 4.90 Å². The van der Waals surface area contributed by atoms with Crippen LogP contribution in [0.2, 0.25) is 0 Å². The number of nitrogens with zero attached hydrogens (tertiary/aromatic N) is 2. The first-order valence-corrected chi connectivity index (χ1v) is 9.23. The Morgan fingerprint density at radius 1 is 1.20 bits per heavy atom.